The van der Waals surface area contributed by atoms with E-state index in [-0.39, 0.29) is 24.4 Å². The first kappa shape index (κ1) is 18.3. The Morgan fingerprint density at radius 3 is 2.79 bits per heavy atom. The van der Waals surface area contributed by atoms with Crippen molar-refractivity contribution < 1.29 is 9.18 Å². The van der Waals surface area contributed by atoms with Gasteiger partial charge < -0.3 is 5.32 Å². The molecule has 4 aromatic rings. The predicted molar refractivity (Wildman–Crippen MR) is 103 cm³/mol. The molecule has 4 rings (SSSR count). The van der Waals surface area contributed by atoms with Gasteiger partial charge in [0.2, 0.25) is 5.91 Å². The lowest BCUT2D eigenvalue weighted by atomic mass is 10.1. The summed E-state index contributed by atoms with van der Waals surface area (Å²) < 4.78 is 15.5. The molecule has 0 bridgehead atoms. The summed E-state index contributed by atoms with van der Waals surface area (Å²) in [5.41, 5.74) is 2.46. The quantitative estimate of drug-likeness (QED) is 0.565. The number of nitrogens with zero attached hydrogens (tertiary/aromatic N) is 6. The summed E-state index contributed by atoms with van der Waals surface area (Å²) in [4.78, 5) is 13.7. The number of halogens is 1. The van der Waals surface area contributed by atoms with E-state index in [9.17, 15) is 9.18 Å². The minimum absolute atomic E-state index is 0.0143. The van der Waals surface area contributed by atoms with Crippen LogP contribution in [0.1, 0.15) is 16.7 Å². The summed E-state index contributed by atoms with van der Waals surface area (Å²) >= 11 is 0. The Kier molecular flexibility index (Phi) is 4.75. The molecule has 8 nitrogen and oxygen atoms in total. The standard InChI is InChI=1S/C20H16FN7O/c1-27-18-5-3-13(6-16(18)10-23-27)8-20(29)25-19-11-24-28(26-19)12-14-2-4-15(9-22)17(21)7-14/h2-7,10-11H,8,12H2,1H3,(H,25,26,29). The van der Waals surface area contributed by atoms with E-state index < -0.39 is 5.82 Å². The zero-order valence-corrected chi connectivity index (χ0v) is 15.5. The maximum absolute atomic E-state index is 13.7. The van der Waals surface area contributed by atoms with Crippen LogP contribution < -0.4 is 5.32 Å². The van der Waals surface area contributed by atoms with Gasteiger partial charge in [-0.15, -0.1) is 5.10 Å². The van der Waals surface area contributed by atoms with E-state index >= 15 is 0 Å². The molecule has 2 aromatic heterocycles. The van der Waals surface area contributed by atoms with Crippen LogP contribution in [0.3, 0.4) is 0 Å². The summed E-state index contributed by atoms with van der Waals surface area (Å²) in [5, 5.41) is 24.9. The Bertz CT molecular complexity index is 1250. The highest BCUT2D eigenvalue weighted by atomic mass is 19.1. The molecule has 0 aliphatic rings. The molecular weight excluding hydrogens is 373 g/mol. The zero-order chi connectivity index (χ0) is 20.4. The third kappa shape index (κ3) is 3.96. The molecule has 0 fully saturated rings. The van der Waals surface area contributed by atoms with Gasteiger partial charge in [-0.25, -0.2) is 4.39 Å². The minimum atomic E-state index is -0.587. The number of anilines is 1. The highest BCUT2D eigenvalue weighted by Gasteiger charge is 2.10. The molecule has 0 radical (unpaired) electrons. The van der Waals surface area contributed by atoms with Crippen molar-refractivity contribution in [1.82, 2.24) is 24.8 Å². The van der Waals surface area contributed by atoms with Crippen LogP contribution in [0, 0.1) is 17.1 Å². The average Bonchev–Trinajstić information content (AvgIpc) is 3.28. The average molecular weight is 389 g/mol. The van der Waals surface area contributed by atoms with Crippen molar-refractivity contribution in [2.75, 3.05) is 5.32 Å². The van der Waals surface area contributed by atoms with E-state index in [2.05, 4.69) is 20.6 Å². The molecule has 0 saturated carbocycles. The Hall–Kier alpha value is -4.06. The molecule has 0 unspecified atom stereocenters. The molecule has 0 atom stereocenters. The van der Waals surface area contributed by atoms with Crippen molar-refractivity contribution in [3.8, 4) is 6.07 Å². The van der Waals surface area contributed by atoms with Crippen molar-refractivity contribution in [2.24, 2.45) is 7.05 Å². The number of fused-ring (bicyclic) bond motifs is 1. The largest absolute Gasteiger partial charge is 0.308 e. The fourth-order valence-corrected chi connectivity index (χ4v) is 3.04. The zero-order valence-electron chi connectivity index (χ0n) is 15.5. The molecule has 0 aliphatic carbocycles. The molecule has 2 aromatic carbocycles. The van der Waals surface area contributed by atoms with Crippen molar-refractivity contribution in [3.63, 3.8) is 0 Å². The number of carbonyl (C=O) groups is 1. The second kappa shape index (κ2) is 7.52. The topological polar surface area (TPSA) is 101 Å². The van der Waals surface area contributed by atoms with Gasteiger partial charge in [0.05, 0.1) is 36.4 Å². The SMILES string of the molecule is Cn1ncc2cc(CC(=O)Nc3cnn(Cc4ccc(C#N)c(F)c4)n3)ccc21. The maximum Gasteiger partial charge on any atom is 0.230 e. The normalized spacial score (nSPS) is 10.8. The molecule has 144 valence electrons. The van der Waals surface area contributed by atoms with Gasteiger partial charge in [-0.3, -0.25) is 9.48 Å². The maximum atomic E-state index is 13.7. The van der Waals surface area contributed by atoms with Gasteiger partial charge in [-0.05, 0) is 35.4 Å². The van der Waals surface area contributed by atoms with Crippen molar-refractivity contribution >= 4 is 22.6 Å². The number of benzene rings is 2. The van der Waals surface area contributed by atoms with Crippen LogP contribution in [-0.4, -0.2) is 30.7 Å². The first-order valence-electron chi connectivity index (χ1n) is 8.81. The smallest absolute Gasteiger partial charge is 0.230 e. The van der Waals surface area contributed by atoms with Gasteiger partial charge in [-0.2, -0.15) is 20.3 Å². The van der Waals surface area contributed by atoms with Gasteiger partial charge in [0, 0.05) is 12.4 Å². The number of hydrogen-bond donors (Lipinski definition) is 1. The van der Waals surface area contributed by atoms with Crippen LogP contribution in [0.2, 0.25) is 0 Å². The van der Waals surface area contributed by atoms with E-state index in [1.54, 1.807) is 23.0 Å². The number of aromatic nitrogens is 5. The van der Waals surface area contributed by atoms with Crippen LogP contribution in [0.4, 0.5) is 10.2 Å². The molecule has 0 spiro atoms. The second-order valence-electron chi connectivity index (χ2n) is 6.57. The second-order valence-corrected chi connectivity index (χ2v) is 6.57. The number of carbonyl (C=O) groups excluding carboxylic acids is 1. The van der Waals surface area contributed by atoms with E-state index in [4.69, 9.17) is 5.26 Å². The predicted octanol–water partition coefficient (Wildman–Crippen LogP) is 2.41. The third-order valence-electron chi connectivity index (χ3n) is 4.46. The summed E-state index contributed by atoms with van der Waals surface area (Å²) in [7, 11) is 1.87. The van der Waals surface area contributed by atoms with Crippen LogP contribution in [0.5, 0.6) is 0 Å². The number of nitriles is 1. The van der Waals surface area contributed by atoms with E-state index in [0.717, 1.165) is 16.5 Å². The minimum Gasteiger partial charge on any atom is -0.308 e. The first-order valence-corrected chi connectivity index (χ1v) is 8.81. The Labute approximate surface area is 165 Å². The van der Waals surface area contributed by atoms with E-state index in [1.807, 2.05) is 25.2 Å². The van der Waals surface area contributed by atoms with Gasteiger partial charge in [0.1, 0.15) is 11.9 Å². The lowest BCUT2D eigenvalue weighted by molar-refractivity contribution is -0.115. The van der Waals surface area contributed by atoms with Crippen molar-refractivity contribution in [3.05, 3.63) is 71.3 Å². The fourth-order valence-electron chi connectivity index (χ4n) is 3.04. The molecule has 2 heterocycles. The van der Waals surface area contributed by atoms with Crippen LogP contribution >= 0.6 is 0 Å². The lowest BCUT2D eigenvalue weighted by Gasteiger charge is -2.03. The molecular formula is C20H16FN7O. The third-order valence-corrected chi connectivity index (χ3v) is 4.46. The Balaban J connectivity index is 1.39. The highest BCUT2D eigenvalue weighted by molar-refractivity contribution is 5.92. The highest BCUT2D eigenvalue weighted by Crippen LogP contribution is 2.16. The fraction of sp³-hybridized carbons (Fsp3) is 0.150. The van der Waals surface area contributed by atoms with Crippen LogP contribution in [0.15, 0.2) is 48.8 Å². The lowest BCUT2D eigenvalue weighted by Crippen LogP contribution is -2.15. The summed E-state index contributed by atoms with van der Waals surface area (Å²) in [5.74, 6) is -0.493. The molecule has 1 amide bonds. The van der Waals surface area contributed by atoms with Crippen LogP contribution in [-0.2, 0) is 24.8 Å². The molecule has 0 aliphatic heterocycles. The number of hydrogen-bond acceptors (Lipinski definition) is 5. The van der Waals surface area contributed by atoms with E-state index in [0.29, 0.717) is 11.4 Å². The summed E-state index contributed by atoms with van der Waals surface area (Å²) in [6.07, 6.45) is 3.38. The summed E-state index contributed by atoms with van der Waals surface area (Å²) in [6, 6.07) is 11.8. The number of nitrogens with one attached hydrogen (secondary N) is 1. The van der Waals surface area contributed by atoms with Gasteiger partial charge in [0.15, 0.2) is 5.82 Å². The van der Waals surface area contributed by atoms with Gasteiger partial charge in [0.25, 0.3) is 0 Å². The number of amides is 1. The van der Waals surface area contributed by atoms with Crippen molar-refractivity contribution in [1.29, 1.82) is 5.26 Å². The van der Waals surface area contributed by atoms with E-state index in [1.165, 1.54) is 23.1 Å². The molecule has 1 N–H and O–H groups in total. The van der Waals surface area contributed by atoms with Gasteiger partial charge in [-0.1, -0.05) is 12.1 Å². The molecule has 9 heteroatoms. The number of aryl methyl sites for hydroxylation is 1. The Morgan fingerprint density at radius 2 is 2.00 bits per heavy atom. The van der Waals surface area contributed by atoms with Crippen molar-refractivity contribution in [2.45, 2.75) is 13.0 Å². The first-order chi connectivity index (χ1) is 14.0. The monoisotopic (exact) mass is 389 g/mol. The Morgan fingerprint density at radius 1 is 1.17 bits per heavy atom. The molecule has 0 saturated heterocycles. The van der Waals surface area contributed by atoms with Gasteiger partial charge >= 0.3 is 0 Å². The summed E-state index contributed by atoms with van der Waals surface area (Å²) in [6.45, 7) is 0.218. The van der Waals surface area contributed by atoms with Crippen LogP contribution in [0.25, 0.3) is 10.9 Å². The molecule has 29 heavy (non-hydrogen) atoms. The number of rotatable bonds is 5.